The normalized spacial score (nSPS) is 11.4. The molecule has 2 aromatic rings. The van der Waals surface area contributed by atoms with E-state index in [1.54, 1.807) is 23.7 Å². The first kappa shape index (κ1) is 12.5. The molecule has 2 aromatic heterocycles. The molecule has 7 heteroatoms. The molecule has 0 aliphatic carbocycles. The molecule has 0 amide bonds. The lowest BCUT2D eigenvalue weighted by molar-refractivity contribution is 0.603. The molecule has 0 atom stereocenters. The minimum Gasteiger partial charge on any atom is -0.277 e. The zero-order chi connectivity index (χ0) is 12.5. The molecule has 0 fully saturated rings. The van der Waals surface area contributed by atoms with E-state index in [2.05, 4.69) is 25.6 Å². The predicted molar refractivity (Wildman–Crippen MR) is 71.8 cm³/mol. The summed E-state index contributed by atoms with van der Waals surface area (Å²) in [4.78, 5) is 3.94. The van der Waals surface area contributed by atoms with Crippen molar-refractivity contribution in [2.75, 3.05) is 4.72 Å². The molecule has 0 saturated heterocycles. The zero-order valence-electron chi connectivity index (χ0n) is 8.84. The molecule has 90 valence electrons. The maximum Gasteiger partial charge on any atom is 0.272 e. The van der Waals surface area contributed by atoms with E-state index in [0.29, 0.717) is 10.2 Å². The lowest BCUT2D eigenvalue weighted by Gasteiger charge is -2.06. The van der Waals surface area contributed by atoms with Gasteiger partial charge in [-0.3, -0.25) is 9.71 Å². The number of hydrogen-bond acceptors (Lipinski definition) is 4. The van der Waals surface area contributed by atoms with Crippen molar-refractivity contribution in [3.63, 3.8) is 0 Å². The van der Waals surface area contributed by atoms with Gasteiger partial charge in [-0.2, -0.15) is 0 Å². The topological polar surface area (TPSA) is 59.1 Å². The van der Waals surface area contributed by atoms with Crippen LogP contribution in [0.15, 0.2) is 38.6 Å². The Kier molecular flexibility index (Phi) is 3.50. The van der Waals surface area contributed by atoms with Gasteiger partial charge < -0.3 is 0 Å². The predicted octanol–water partition coefficient (Wildman–Crippen LogP) is 3.01. The number of aryl methyl sites for hydroxylation is 1. The highest BCUT2D eigenvalue weighted by molar-refractivity contribution is 9.10. The Morgan fingerprint density at radius 3 is 2.76 bits per heavy atom. The SMILES string of the molecule is Cc1cncc(NS(=O)(=O)c2sccc2Br)c1. The van der Waals surface area contributed by atoms with Crippen molar-refractivity contribution in [3.8, 4) is 0 Å². The van der Waals surface area contributed by atoms with Crippen LogP contribution in [-0.2, 0) is 10.0 Å². The highest BCUT2D eigenvalue weighted by Gasteiger charge is 2.19. The summed E-state index contributed by atoms with van der Waals surface area (Å²) in [5.74, 6) is 0. The summed E-state index contributed by atoms with van der Waals surface area (Å²) < 4.78 is 27.4. The monoisotopic (exact) mass is 332 g/mol. The van der Waals surface area contributed by atoms with Gasteiger partial charge in [-0.1, -0.05) is 0 Å². The standard InChI is InChI=1S/C10H9BrN2O2S2/c1-7-4-8(6-12-5-7)13-17(14,15)10-9(11)2-3-16-10/h2-6,13H,1H3. The number of hydrogen-bond donors (Lipinski definition) is 1. The Bertz CT molecular complexity index is 637. The molecule has 0 aliphatic rings. The van der Waals surface area contributed by atoms with Crippen LogP contribution in [0.5, 0.6) is 0 Å². The summed E-state index contributed by atoms with van der Waals surface area (Å²) in [5.41, 5.74) is 1.36. The van der Waals surface area contributed by atoms with Gasteiger partial charge in [-0.15, -0.1) is 11.3 Å². The fourth-order valence-electron chi connectivity index (χ4n) is 1.28. The molecule has 0 aliphatic heterocycles. The molecule has 0 unspecified atom stereocenters. The van der Waals surface area contributed by atoms with Crippen LogP contribution in [0.4, 0.5) is 5.69 Å². The Balaban J connectivity index is 2.33. The molecular weight excluding hydrogens is 324 g/mol. The van der Waals surface area contributed by atoms with Crippen molar-refractivity contribution < 1.29 is 8.42 Å². The number of halogens is 1. The largest absolute Gasteiger partial charge is 0.277 e. The lowest BCUT2D eigenvalue weighted by Crippen LogP contribution is -2.12. The number of rotatable bonds is 3. The van der Waals surface area contributed by atoms with Gasteiger partial charge in [-0.25, -0.2) is 8.42 Å². The minimum atomic E-state index is -3.54. The van der Waals surface area contributed by atoms with Gasteiger partial charge >= 0.3 is 0 Å². The number of sulfonamides is 1. The highest BCUT2D eigenvalue weighted by atomic mass is 79.9. The first-order chi connectivity index (χ1) is 7.99. The zero-order valence-corrected chi connectivity index (χ0v) is 12.1. The lowest BCUT2D eigenvalue weighted by atomic mass is 10.3. The van der Waals surface area contributed by atoms with E-state index >= 15 is 0 Å². The van der Waals surface area contributed by atoms with Gasteiger partial charge in [0.15, 0.2) is 4.21 Å². The number of pyridine rings is 1. The first-order valence-corrected chi connectivity index (χ1v) is 7.82. The Hall–Kier alpha value is -0.920. The van der Waals surface area contributed by atoms with Gasteiger partial charge in [0, 0.05) is 10.7 Å². The van der Waals surface area contributed by atoms with E-state index in [9.17, 15) is 8.42 Å². The van der Waals surface area contributed by atoms with Crippen LogP contribution in [0.25, 0.3) is 0 Å². The smallest absolute Gasteiger partial charge is 0.272 e. The van der Waals surface area contributed by atoms with Crippen molar-refractivity contribution in [1.29, 1.82) is 0 Å². The van der Waals surface area contributed by atoms with Crippen LogP contribution in [0.1, 0.15) is 5.56 Å². The van der Waals surface area contributed by atoms with E-state index in [-0.39, 0.29) is 4.21 Å². The van der Waals surface area contributed by atoms with Gasteiger partial charge in [0.25, 0.3) is 10.0 Å². The minimum absolute atomic E-state index is 0.263. The first-order valence-electron chi connectivity index (χ1n) is 4.66. The van der Waals surface area contributed by atoms with Gasteiger partial charge in [0.2, 0.25) is 0 Å². The van der Waals surface area contributed by atoms with Crippen LogP contribution in [-0.4, -0.2) is 13.4 Å². The third kappa shape index (κ3) is 2.85. The Morgan fingerprint density at radius 1 is 1.41 bits per heavy atom. The van der Waals surface area contributed by atoms with E-state index in [4.69, 9.17) is 0 Å². The van der Waals surface area contributed by atoms with Crippen molar-refractivity contribution in [2.45, 2.75) is 11.1 Å². The van der Waals surface area contributed by atoms with Crippen LogP contribution in [0, 0.1) is 6.92 Å². The molecule has 2 heterocycles. The van der Waals surface area contributed by atoms with E-state index in [1.807, 2.05) is 6.92 Å². The third-order valence-electron chi connectivity index (χ3n) is 1.96. The maximum absolute atomic E-state index is 12.0. The summed E-state index contributed by atoms with van der Waals surface area (Å²) >= 11 is 4.37. The molecule has 2 rings (SSSR count). The summed E-state index contributed by atoms with van der Waals surface area (Å²) in [6, 6.07) is 3.43. The van der Waals surface area contributed by atoms with E-state index in [0.717, 1.165) is 16.9 Å². The van der Waals surface area contributed by atoms with Crippen LogP contribution in [0.3, 0.4) is 0 Å². The van der Waals surface area contributed by atoms with Crippen molar-refractivity contribution in [3.05, 3.63) is 39.9 Å². The fourth-order valence-corrected chi connectivity index (χ4v) is 4.66. The highest BCUT2D eigenvalue weighted by Crippen LogP contribution is 2.29. The molecule has 0 radical (unpaired) electrons. The van der Waals surface area contributed by atoms with Crippen LogP contribution in [0.2, 0.25) is 0 Å². The number of thiophene rings is 1. The molecule has 1 N–H and O–H groups in total. The second kappa shape index (κ2) is 4.75. The molecular formula is C10H9BrN2O2S2. The number of aromatic nitrogens is 1. The number of nitrogens with one attached hydrogen (secondary N) is 1. The summed E-state index contributed by atoms with van der Waals surface area (Å²) in [6.45, 7) is 1.85. The summed E-state index contributed by atoms with van der Waals surface area (Å²) in [6.07, 6.45) is 3.14. The molecule has 4 nitrogen and oxygen atoms in total. The Labute approximate surface area is 112 Å². The van der Waals surface area contributed by atoms with E-state index in [1.165, 1.54) is 6.20 Å². The fraction of sp³-hybridized carbons (Fsp3) is 0.100. The molecule has 0 aromatic carbocycles. The molecule has 17 heavy (non-hydrogen) atoms. The number of anilines is 1. The summed E-state index contributed by atoms with van der Waals surface area (Å²) in [5, 5.41) is 1.72. The maximum atomic E-state index is 12.0. The average Bonchev–Trinajstić information content (AvgIpc) is 2.64. The van der Waals surface area contributed by atoms with Gasteiger partial charge in [0.05, 0.1) is 11.9 Å². The average molecular weight is 333 g/mol. The molecule has 0 bridgehead atoms. The summed E-state index contributed by atoms with van der Waals surface area (Å²) in [7, 11) is -3.54. The van der Waals surface area contributed by atoms with Crippen LogP contribution < -0.4 is 4.72 Å². The number of nitrogens with zero attached hydrogens (tertiary/aromatic N) is 1. The molecule has 0 saturated carbocycles. The van der Waals surface area contributed by atoms with Gasteiger partial charge in [-0.05, 0) is 45.9 Å². The molecule has 0 spiro atoms. The van der Waals surface area contributed by atoms with E-state index < -0.39 is 10.0 Å². The van der Waals surface area contributed by atoms with Gasteiger partial charge in [0.1, 0.15) is 0 Å². The quantitative estimate of drug-likeness (QED) is 0.939. The third-order valence-corrected chi connectivity index (χ3v) is 6.01. The van der Waals surface area contributed by atoms with Crippen molar-refractivity contribution in [2.24, 2.45) is 0 Å². The second-order valence-electron chi connectivity index (χ2n) is 3.41. The Morgan fingerprint density at radius 2 is 2.18 bits per heavy atom. The van der Waals surface area contributed by atoms with Crippen molar-refractivity contribution in [1.82, 2.24) is 4.98 Å². The van der Waals surface area contributed by atoms with Crippen LogP contribution >= 0.6 is 27.3 Å². The van der Waals surface area contributed by atoms with Crippen molar-refractivity contribution >= 4 is 43.0 Å². The second-order valence-corrected chi connectivity index (χ2v) is 7.06.